The van der Waals surface area contributed by atoms with Crippen LogP contribution in [0, 0.1) is 0 Å². The minimum absolute atomic E-state index is 0.280. The Morgan fingerprint density at radius 3 is 2.80 bits per heavy atom. The van der Waals surface area contributed by atoms with E-state index in [0.717, 1.165) is 18.5 Å². The maximum atomic E-state index is 11.7. The van der Waals surface area contributed by atoms with Gasteiger partial charge < -0.3 is 0 Å². The summed E-state index contributed by atoms with van der Waals surface area (Å²) < 4.78 is 27.5. The maximum Gasteiger partial charge on any atom is 0.279 e. The fourth-order valence-corrected chi connectivity index (χ4v) is 3.32. The van der Waals surface area contributed by atoms with Crippen molar-refractivity contribution in [2.75, 3.05) is 13.1 Å². The zero-order valence-electron chi connectivity index (χ0n) is 8.22. The van der Waals surface area contributed by atoms with Crippen LogP contribution in [-0.2, 0) is 16.8 Å². The molecular formula is C8H13N3O2S2. The van der Waals surface area contributed by atoms with E-state index in [9.17, 15) is 8.42 Å². The van der Waals surface area contributed by atoms with Gasteiger partial charge in [-0.3, -0.25) is 0 Å². The van der Waals surface area contributed by atoms with Crippen molar-refractivity contribution >= 4 is 21.5 Å². The molecule has 0 saturated carbocycles. The average molecular weight is 247 g/mol. The summed E-state index contributed by atoms with van der Waals surface area (Å²) in [6.07, 6.45) is 1.91. The minimum atomic E-state index is -3.29. The highest BCUT2D eigenvalue weighted by molar-refractivity contribution is 7.87. The zero-order valence-corrected chi connectivity index (χ0v) is 9.85. The Bertz CT molecular complexity index is 396. The van der Waals surface area contributed by atoms with Gasteiger partial charge in [0.25, 0.3) is 10.2 Å². The summed E-state index contributed by atoms with van der Waals surface area (Å²) in [4.78, 5) is 4.02. The number of hydrogen-bond acceptors (Lipinski definition) is 4. The SMILES string of the molecule is O=S(=O)(NCc1cscn1)N1CCCC1. The highest BCUT2D eigenvalue weighted by Gasteiger charge is 2.24. The Labute approximate surface area is 93.3 Å². The fourth-order valence-electron chi connectivity index (χ4n) is 1.51. The molecule has 1 fully saturated rings. The van der Waals surface area contributed by atoms with E-state index in [1.54, 1.807) is 5.51 Å². The molecular weight excluding hydrogens is 234 g/mol. The van der Waals surface area contributed by atoms with Gasteiger partial charge in [0.05, 0.1) is 17.7 Å². The largest absolute Gasteiger partial charge is 0.279 e. The highest BCUT2D eigenvalue weighted by Crippen LogP contribution is 2.11. The molecule has 0 bridgehead atoms. The highest BCUT2D eigenvalue weighted by atomic mass is 32.2. The number of hydrogen-bond donors (Lipinski definition) is 1. The number of rotatable bonds is 4. The molecule has 0 amide bonds. The van der Waals surface area contributed by atoms with Crippen molar-refractivity contribution in [2.45, 2.75) is 19.4 Å². The number of nitrogens with zero attached hydrogens (tertiary/aromatic N) is 2. The summed E-state index contributed by atoms with van der Waals surface area (Å²) in [6.45, 7) is 1.54. The lowest BCUT2D eigenvalue weighted by atomic mass is 10.4. The molecule has 1 saturated heterocycles. The Hall–Kier alpha value is -0.500. The van der Waals surface area contributed by atoms with Gasteiger partial charge in [0, 0.05) is 18.5 Å². The second-order valence-corrected chi connectivity index (χ2v) is 5.89. The monoisotopic (exact) mass is 247 g/mol. The van der Waals surface area contributed by atoms with Crippen molar-refractivity contribution in [3.8, 4) is 0 Å². The third-order valence-corrected chi connectivity index (χ3v) is 4.51. The first kappa shape index (κ1) is 11.0. The molecule has 84 valence electrons. The third kappa shape index (κ3) is 2.75. The van der Waals surface area contributed by atoms with Gasteiger partial charge in [-0.25, -0.2) is 4.98 Å². The van der Waals surface area contributed by atoms with Crippen LogP contribution in [0.4, 0.5) is 0 Å². The second kappa shape index (κ2) is 4.56. The molecule has 0 atom stereocenters. The Morgan fingerprint density at radius 1 is 1.47 bits per heavy atom. The van der Waals surface area contributed by atoms with E-state index in [4.69, 9.17) is 0 Å². The molecule has 1 aromatic rings. The van der Waals surface area contributed by atoms with Gasteiger partial charge >= 0.3 is 0 Å². The molecule has 2 heterocycles. The first-order valence-electron chi connectivity index (χ1n) is 4.80. The first-order valence-corrected chi connectivity index (χ1v) is 7.18. The molecule has 0 aliphatic carbocycles. The summed E-state index contributed by atoms with van der Waals surface area (Å²) in [6, 6.07) is 0. The van der Waals surface area contributed by atoms with Crippen LogP contribution in [0.1, 0.15) is 18.5 Å². The second-order valence-electron chi connectivity index (χ2n) is 3.41. The van der Waals surface area contributed by atoms with Gasteiger partial charge in [-0.05, 0) is 12.8 Å². The average Bonchev–Trinajstić information content (AvgIpc) is 2.88. The van der Waals surface area contributed by atoms with E-state index in [1.165, 1.54) is 15.6 Å². The standard InChI is InChI=1S/C8H13N3O2S2/c12-15(13,11-3-1-2-4-11)10-5-8-6-14-7-9-8/h6-7,10H,1-5H2. The molecule has 1 aliphatic heterocycles. The molecule has 2 rings (SSSR count). The molecule has 1 aliphatic rings. The van der Waals surface area contributed by atoms with Gasteiger partial charge in [-0.1, -0.05) is 0 Å². The van der Waals surface area contributed by atoms with Gasteiger partial charge in [-0.15, -0.1) is 11.3 Å². The van der Waals surface area contributed by atoms with E-state index >= 15 is 0 Å². The summed E-state index contributed by atoms with van der Waals surface area (Å²) in [5.41, 5.74) is 2.46. The van der Waals surface area contributed by atoms with Crippen molar-refractivity contribution in [3.63, 3.8) is 0 Å². The lowest BCUT2D eigenvalue weighted by Crippen LogP contribution is -2.38. The zero-order chi connectivity index (χ0) is 10.7. The minimum Gasteiger partial charge on any atom is -0.248 e. The summed E-state index contributed by atoms with van der Waals surface area (Å²) in [5, 5.41) is 1.84. The van der Waals surface area contributed by atoms with Crippen molar-refractivity contribution in [1.29, 1.82) is 0 Å². The van der Waals surface area contributed by atoms with Crippen LogP contribution in [0.15, 0.2) is 10.9 Å². The molecule has 0 unspecified atom stereocenters. The Morgan fingerprint density at radius 2 is 2.20 bits per heavy atom. The fraction of sp³-hybridized carbons (Fsp3) is 0.625. The molecule has 0 radical (unpaired) electrons. The van der Waals surface area contributed by atoms with E-state index < -0.39 is 10.2 Å². The molecule has 1 aromatic heterocycles. The predicted molar refractivity (Wildman–Crippen MR) is 58.7 cm³/mol. The molecule has 7 heteroatoms. The summed E-state index contributed by atoms with van der Waals surface area (Å²) in [5.74, 6) is 0. The normalized spacial score (nSPS) is 18.4. The van der Waals surface area contributed by atoms with E-state index in [0.29, 0.717) is 13.1 Å². The first-order chi connectivity index (χ1) is 7.18. The smallest absolute Gasteiger partial charge is 0.248 e. The van der Waals surface area contributed by atoms with E-state index in [2.05, 4.69) is 9.71 Å². The van der Waals surface area contributed by atoms with Crippen LogP contribution in [0.2, 0.25) is 0 Å². The van der Waals surface area contributed by atoms with Crippen molar-refractivity contribution < 1.29 is 8.42 Å². The molecule has 15 heavy (non-hydrogen) atoms. The topological polar surface area (TPSA) is 62.3 Å². The van der Waals surface area contributed by atoms with Crippen molar-refractivity contribution in [1.82, 2.24) is 14.0 Å². The third-order valence-electron chi connectivity index (χ3n) is 2.32. The lowest BCUT2D eigenvalue weighted by molar-refractivity contribution is 0.464. The summed E-state index contributed by atoms with van der Waals surface area (Å²) in [7, 11) is -3.29. The van der Waals surface area contributed by atoms with Crippen LogP contribution in [0.5, 0.6) is 0 Å². The van der Waals surface area contributed by atoms with Crippen LogP contribution in [-0.4, -0.2) is 30.8 Å². The Kier molecular flexibility index (Phi) is 3.35. The van der Waals surface area contributed by atoms with Crippen LogP contribution >= 0.6 is 11.3 Å². The number of aromatic nitrogens is 1. The van der Waals surface area contributed by atoms with Crippen molar-refractivity contribution in [3.05, 3.63) is 16.6 Å². The number of thiazole rings is 1. The van der Waals surface area contributed by atoms with Gasteiger partial charge in [0.1, 0.15) is 0 Å². The molecule has 5 nitrogen and oxygen atoms in total. The van der Waals surface area contributed by atoms with E-state index in [-0.39, 0.29) is 6.54 Å². The maximum absolute atomic E-state index is 11.7. The quantitative estimate of drug-likeness (QED) is 0.846. The Balaban J connectivity index is 1.93. The van der Waals surface area contributed by atoms with Gasteiger partial charge in [-0.2, -0.15) is 17.4 Å². The van der Waals surface area contributed by atoms with Crippen LogP contribution < -0.4 is 4.72 Å². The van der Waals surface area contributed by atoms with Crippen molar-refractivity contribution in [2.24, 2.45) is 0 Å². The number of nitrogens with one attached hydrogen (secondary N) is 1. The molecule has 0 spiro atoms. The van der Waals surface area contributed by atoms with Gasteiger partial charge in [0.2, 0.25) is 0 Å². The van der Waals surface area contributed by atoms with Crippen LogP contribution in [0.3, 0.4) is 0 Å². The molecule has 0 aromatic carbocycles. The molecule has 1 N–H and O–H groups in total. The summed E-state index contributed by atoms with van der Waals surface area (Å²) >= 11 is 1.46. The van der Waals surface area contributed by atoms with Gasteiger partial charge in [0.15, 0.2) is 0 Å². The van der Waals surface area contributed by atoms with Crippen LogP contribution in [0.25, 0.3) is 0 Å². The van der Waals surface area contributed by atoms with E-state index in [1.807, 2.05) is 5.38 Å². The predicted octanol–water partition coefficient (Wildman–Crippen LogP) is 0.573. The lowest BCUT2D eigenvalue weighted by Gasteiger charge is -2.15.